The number of nitrogens with zero attached hydrogens (tertiary/aromatic N) is 3. The van der Waals surface area contributed by atoms with Crippen LogP contribution >= 0.6 is 11.3 Å². The molecule has 38 heavy (non-hydrogen) atoms. The number of benzene rings is 2. The standard InChI is InChI=1S/C29H27N3O5S/c1-4-8-20-25(28(34)35-5-2)26(17-11-12-22-23(13-17)37-16-36-22)32-27(33)24(38-29(32)30-20)14-18-15-31(3)21-10-7-6-9-19(18)21/h6-7,9-15,26H,4-5,8,16H2,1-3H3/b24-14-. The highest BCUT2D eigenvalue weighted by Gasteiger charge is 2.35. The van der Waals surface area contributed by atoms with E-state index in [9.17, 15) is 9.59 Å². The molecule has 2 aromatic heterocycles. The molecule has 4 aromatic rings. The van der Waals surface area contributed by atoms with Gasteiger partial charge in [0.1, 0.15) is 0 Å². The summed E-state index contributed by atoms with van der Waals surface area (Å²) in [6.07, 6.45) is 5.31. The summed E-state index contributed by atoms with van der Waals surface area (Å²) in [6, 6.07) is 12.9. The van der Waals surface area contributed by atoms with Gasteiger partial charge in [-0.05, 0) is 43.2 Å². The second-order valence-corrected chi connectivity index (χ2v) is 10.2. The van der Waals surface area contributed by atoms with Crippen LogP contribution in [0.1, 0.15) is 43.9 Å². The highest BCUT2D eigenvalue weighted by atomic mass is 32.1. The van der Waals surface area contributed by atoms with Crippen molar-refractivity contribution in [2.45, 2.75) is 32.7 Å². The Morgan fingerprint density at radius 3 is 2.82 bits per heavy atom. The summed E-state index contributed by atoms with van der Waals surface area (Å²) < 4.78 is 20.8. The molecule has 0 bridgehead atoms. The molecule has 6 rings (SSSR count). The molecule has 0 amide bonds. The molecular formula is C29H27N3O5S. The lowest BCUT2D eigenvalue weighted by Gasteiger charge is -2.25. The van der Waals surface area contributed by atoms with Crippen LogP contribution in [0.3, 0.4) is 0 Å². The van der Waals surface area contributed by atoms with Crippen molar-refractivity contribution in [3.05, 3.63) is 90.7 Å². The fourth-order valence-corrected chi connectivity index (χ4v) is 6.16. The van der Waals surface area contributed by atoms with Crippen LogP contribution in [0.15, 0.2) is 69.7 Å². The molecule has 9 heteroatoms. The fraction of sp³-hybridized carbons (Fsp3) is 0.276. The van der Waals surface area contributed by atoms with Crippen LogP contribution in [0.2, 0.25) is 0 Å². The summed E-state index contributed by atoms with van der Waals surface area (Å²) in [6.45, 7) is 4.17. The second-order valence-electron chi connectivity index (χ2n) is 9.24. The molecule has 1 unspecified atom stereocenters. The third-order valence-corrected chi connectivity index (χ3v) is 7.80. The quantitative estimate of drug-likeness (QED) is 0.355. The zero-order chi connectivity index (χ0) is 26.4. The molecule has 0 spiro atoms. The van der Waals surface area contributed by atoms with E-state index in [-0.39, 0.29) is 19.0 Å². The van der Waals surface area contributed by atoms with E-state index in [2.05, 4.69) is 6.07 Å². The first-order chi connectivity index (χ1) is 18.5. The zero-order valence-electron chi connectivity index (χ0n) is 21.4. The molecule has 0 N–H and O–H groups in total. The van der Waals surface area contributed by atoms with Crippen LogP contribution in [0.4, 0.5) is 0 Å². The van der Waals surface area contributed by atoms with Gasteiger partial charge < -0.3 is 18.8 Å². The number of esters is 1. The number of hydrogen-bond acceptors (Lipinski definition) is 7. The number of thiazole rings is 1. The average Bonchev–Trinajstić information content (AvgIpc) is 3.60. The molecule has 0 saturated heterocycles. The lowest BCUT2D eigenvalue weighted by Crippen LogP contribution is -2.40. The first-order valence-corrected chi connectivity index (χ1v) is 13.5. The zero-order valence-corrected chi connectivity index (χ0v) is 22.2. The number of fused-ring (bicyclic) bond motifs is 3. The topological polar surface area (TPSA) is 84.0 Å². The Hall–Kier alpha value is -4.11. The Labute approximate surface area is 222 Å². The van der Waals surface area contributed by atoms with Gasteiger partial charge in [0.2, 0.25) is 6.79 Å². The molecule has 2 aromatic carbocycles. The van der Waals surface area contributed by atoms with Gasteiger partial charge in [-0.15, -0.1) is 0 Å². The smallest absolute Gasteiger partial charge is 0.338 e. The molecule has 8 nitrogen and oxygen atoms in total. The summed E-state index contributed by atoms with van der Waals surface area (Å²) >= 11 is 1.33. The number of aryl methyl sites for hydroxylation is 1. The Morgan fingerprint density at radius 2 is 2.00 bits per heavy atom. The maximum atomic E-state index is 14.0. The number of aromatic nitrogens is 2. The van der Waals surface area contributed by atoms with E-state index >= 15 is 0 Å². The Bertz CT molecular complexity index is 1790. The van der Waals surface area contributed by atoms with Gasteiger partial charge in [-0.25, -0.2) is 9.79 Å². The van der Waals surface area contributed by atoms with Gasteiger partial charge >= 0.3 is 5.97 Å². The van der Waals surface area contributed by atoms with Crippen molar-refractivity contribution >= 4 is 34.3 Å². The second kappa shape index (κ2) is 9.64. The molecule has 2 aliphatic rings. The number of rotatable bonds is 6. The molecule has 0 fully saturated rings. The minimum absolute atomic E-state index is 0.133. The van der Waals surface area contributed by atoms with Crippen LogP contribution < -0.4 is 24.4 Å². The van der Waals surface area contributed by atoms with E-state index in [4.69, 9.17) is 19.2 Å². The number of carbonyl (C=O) groups is 1. The molecule has 194 valence electrons. The van der Waals surface area contributed by atoms with Gasteiger partial charge in [-0.1, -0.05) is 48.9 Å². The molecule has 0 aliphatic carbocycles. The van der Waals surface area contributed by atoms with Crippen LogP contribution in [0.25, 0.3) is 17.0 Å². The number of para-hydroxylation sites is 1. The first kappa shape index (κ1) is 24.2. The van der Waals surface area contributed by atoms with Crippen LogP contribution in [0, 0.1) is 0 Å². The van der Waals surface area contributed by atoms with E-state index in [1.807, 2.05) is 67.2 Å². The Morgan fingerprint density at radius 1 is 1.18 bits per heavy atom. The van der Waals surface area contributed by atoms with Gasteiger partial charge in [0, 0.05) is 29.7 Å². The van der Waals surface area contributed by atoms with E-state index in [1.54, 1.807) is 11.5 Å². The van der Waals surface area contributed by atoms with Crippen LogP contribution in [-0.4, -0.2) is 28.5 Å². The summed E-state index contributed by atoms with van der Waals surface area (Å²) in [5.74, 6) is 0.746. The lowest BCUT2D eigenvalue weighted by atomic mass is 9.94. The van der Waals surface area contributed by atoms with Gasteiger partial charge in [0.25, 0.3) is 5.56 Å². The average molecular weight is 530 g/mol. The predicted octanol–water partition coefficient (Wildman–Crippen LogP) is 3.80. The lowest BCUT2D eigenvalue weighted by molar-refractivity contribution is -0.139. The van der Waals surface area contributed by atoms with E-state index < -0.39 is 12.0 Å². The molecule has 4 heterocycles. The molecule has 0 radical (unpaired) electrons. The SMILES string of the molecule is CCCC1=C(C(=O)OCC)C(c2ccc3c(c2)OCO3)n2c(s/c(=C\c3cn(C)c4ccccc34)c2=O)=N1. The van der Waals surface area contributed by atoms with Crippen molar-refractivity contribution in [2.75, 3.05) is 13.4 Å². The van der Waals surface area contributed by atoms with Crippen LogP contribution in [-0.2, 0) is 16.6 Å². The summed E-state index contributed by atoms with van der Waals surface area (Å²) in [5.41, 5.74) is 3.59. The van der Waals surface area contributed by atoms with Crippen molar-refractivity contribution in [2.24, 2.45) is 12.0 Å². The minimum Gasteiger partial charge on any atom is -0.463 e. The van der Waals surface area contributed by atoms with Crippen LogP contribution in [0.5, 0.6) is 11.5 Å². The summed E-state index contributed by atoms with van der Waals surface area (Å²) in [4.78, 5) is 32.8. The molecule has 0 saturated carbocycles. The largest absolute Gasteiger partial charge is 0.463 e. The Balaban J connectivity index is 1.60. The number of hydrogen-bond donors (Lipinski definition) is 0. The molecule has 2 aliphatic heterocycles. The maximum Gasteiger partial charge on any atom is 0.338 e. The summed E-state index contributed by atoms with van der Waals surface area (Å²) in [5, 5.41) is 1.06. The minimum atomic E-state index is -0.698. The number of ether oxygens (including phenoxy) is 3. The van der Waals surface area contributed by atoms with Gasteiger partial charge in [-0.2, -0.15) is 0 Å². The third-order valence-electron chi connectivity index (χ3n) is 6.82. The normalized spacial score (nSPS) is 16.6. The maximum absolute atomic E-state index is 14.0. The molecule has 1 atom stereocenters. The Kier molecular flexibility index (Phi) is 6.15. The van der Waals surface area contributed by atoms with Crippen molar-refractivity contribution in [3.8, 4) is 11.5 Å². The number of allylic oxidation sites excluding steroid dienone is 1. The van der Waals surface area contributed by atoms with Gasteiger partial charge in [-0.3, -0.25) is 9.36 Å². The summed E-state index contributed by atoms with van der Waals surface area (Å²) in [7, 11) is 1.99. The molecular weight excluding hydrogens is 502 g/mol. The van der Waals surface area contributed by atoms with E-state index in [0.717, 1.165) is 28.5 Å². The van der Waals surface area contributed by atoms with Crippen molar-refractivity contribution < 1.29 is 19.0 Å². The number of carbonyl (C=O) groups excluding carboxylic acids is 1. The highest BCUT2D eigenvalue weighted by Crippen LogP contribution is 2.38. The highest BCUT2D eigenvalue weighted by molar-refractivity contribution is 7.07. The van der Waals surface area contributed by atoms with Gasteiger partial charge in [0.15, 0.2) is 16.3 Å². The van der Waals surface area contributed by atoms with E-state index in [1.165, 1.54) is 11.3 Å². The van der Waals surface area contributed by atoms with Gasteiger partial charge in [0.05, 0.1) is 28.5 Å². The van der Waals surface area contributed by atoms with E-state index in [0.29, 0.717) is 38.5 Å². The van der Waals surface area contributed by atoms with Crippen molar-refractivity contribution in [1.82, 2.24) is 9.13 Å². The first-order valence-electron chi connectivity index (χ1n) is 12.7. The predicted molar refractivity (Wildman–Crippen MR) is 145 cm³/mol. The monoisotopic (exact) mass is 529 g/mol. The third kappa shape index (κ3) is 3.94. The fourth-order valence-electron chi connectivity index (χ4n) is 5.15. The van der Waals surface area contributed by atoms with Crippen molar-refractivity contribution in [1.29, 1.82) is 0 Å². The van der Waals surface area contributed by atoms with Crippen molar-refractivity contribution in [3.63, 3.8) is 0 Å².